The van der Waals surface area contributed by atoms with Gasteiger partial charge in [-0.2, -0.15) is 17.5 Å². The van der Waals surface area contributed by atoms with E-state index in [0.717, 1.165) is 12.3 Å². The summed E-state index contributed by atoms with van der Waals surface area (Å²) in [5.74, 6) is 0.726. The van der Waals surface area contributed by atoms with E-state index in [1.54, 1.807) is 0 Å². The highest BCUT2D eigenvalue weighted by Gasteiger charge is 2.45. The van der Waals surface area contributed by atoms with Crippen LogP contribution in [0, 0.1) is 11.8 Å². The number of rotatable bonds is 3. The van der Waals surface area contributed by atoms with Crippen molar-refractivity contribution in [2.75, 3.05) is 31.1 Å². The summed E-state index contributed by atoms with van der Waals surface area (Å²) in [4.78, 5) is 12.2. The van der Waals surface area contributed by atoms with Crippen molar-refractivity contribution in [1.29, 1.82) is 0 Å². The van der Waals surface area contributed by atoms with Crippen LogP contribution in [-0.2, 0) is 16.2 Å². The fraction of sp³-hybridized carbons (Fsp3) is 0.467. The molecular weight excluding hydrogens is 371 g/mol. The van der Waals surface area contributed by atoms with E-state index in [9.17, 15) is 21.6 Å². The molecule has 0 aliphatic carbocycles. The summed E-state index contributed by atoms with van der Waals surface area (Å²) in [5, 5.41) is 0.0683. The monoisotopic (exact) mass is 387 g/mol. The Labute approximate surface area is 147 Å². The van der Waals surface area contributed by atoms with Crippen molar-refractivity contribution in [2.24, 2.45) is 11.8 Å². The predicted molar refractivity (Wildman–Crippen MR) is 85.8 cm³/mol. The molecule has 2 unspecified atom stereocenters. The Hall–Kier alpha value is -2.14. The third-order valence-corrected chi connectivity index (χ3v) is 6.70. The number of pyridine rings is 1. The maximum atomic E-state index is 12.6. The zero-order chi connectivity index (χ0) is 18.5. The molecule has 0 aromatic carbocycles. The van der Waals surface area contributed by atoms with Crippen molar-refractivity contribution in [3.63, 3.8) is 0 Å². The third-order valence-electron chi connectivity index (χ3n) is 4.94. The lowest BCUT2D eigenvalue weighted by molar-refractivity contribution is -0.137. The number of sulfonamides is 1. The molecule has 140 valence electrons. The number of anilines is 1. The smallest absolute Gasteiger partial charge is 0.356 e. The molecule has 2 atom stereocenters. The van der Waals surface area contributed by atoms with Crippen molar-refractivity contribution in [2.45, 2.75) is 11.2 Å². The lowest BCUT2D eigenvalue weighted by atomic mass is 10.0. The number of alkyl halides is 3. The molecule has 11 heteroatoms. The van der Waals surface area contributed by atoms with Crippen molar-refractivity contribution in [3.05, 3.63) is 36.4 Å². The number of nitrogens with zero attached hydrogens (tertiary/aromatic N) is 4. The molecular formula is C15H16F3N5O2S. The number of aromatic nitrogens is 3. The molecule has 2 saturated heterocycles. The number of H-pyrrole nitrogens is 1. The Morgan fingerprint density at radius 2 is 1.77 bits per heavy atom. The average molecular weight is 387 g/mol. The SMILES string of the molecule is O=S(=O)(c1cnc[nH]1)N1CC2CN(c3ccc(C(F)(F)F)cn3)CC2C1. The summed E-state index contributed by atoms with van der Waals surface area (Å²) >= 11 is 0. The molecule has 7 nitrogen and oxygen atoms in total. The molecule has 0 spiro atoms. The Morgan fingerprint density at radius 3 is 2.27 bits per heavy atom. The number of fused-ring (bicyclic) bond motifs is 1. The van der Waals surface area contributed by atoms with E-state index in [4.69, 9.17) is 0 Å². The van der Waals surface area contributed by atoms with Crippen molar-refractivity contribution < 1.29 is 21.6 Å². The average Bonchev–Trinajstić information content (AvgIpc) is 3.30. The molecule has 4 heterocycles. The summed E-state index contributed by atoms with van der Waals surface area (Å²) in [5.41, 5.74) is -0.780. The lowest BCUT2D eigenvalue weighted by Gasteiger charge is -2.22. The maximum absolute atomic E-state index is 12.6. The number of hydrogen-bond acceptors (Lipinski definition) is 5. The van der Waals surface area contributed by atoms with Gasteiger partial charge >= 0.3 is 6.18 Å². The van der Waals surface area contributed by atoms with Gasteiger partial charge < -0.3 is 9.88 Å². The van der Waals surface area contributed by atoms with E-state index in [-0.39, 0.29) is 16.9 Å². The topological polar surface area (TPSA) is 82.2 Å². The standard InChI is InChI=1S/C15H16F3N5O2S/c16-15(17,18)12-1-2-13(20-3-12)22-5-10-7-23(8-11(10)6-22)26(24,25)14-4-19-9-21-14/h1-4,9-11H,5-8H2,(H,19,21). The van der Waals surface area contributed by atoms with Gasteiger partial charge in [0, 0.05) is 32.4 Å². The van der Waals surface area contributed by atoms with Crippen molar-refractivity contribution in [3.8, 4) is 0 Å². The largest absolute Gasteiger partial charge is 0.417 e. The molecule has 2 aromatic heterocycles. The van der Waals surface area contributed by atoms with Crippen LogP contribution in [0.5, 0.6) is 0 Å². The zero-order valence-electron chi connectivity index (χ0n) is 13.5. The van der Waals surface area contributed by atoms with Gasteiger partial charge in [0.1, 0.15) is 5.82 Å². The lowest BCUT2D eigenvalue weighted by Crippen LogP contribution is -2.33. The highest BCUT2D eigenvalue weighted by atomic mass is 32.2. The number of nitrogens with one attached hydrogen (secondary N) is 1. The minimum absolute atomic E-state index is 0.0683. The van der Waals surface area contributed by atoms with Crippen LogP contribution in [0.1, 0.15) is 5.56 Å². The maximum Gasteiger partial charge on any atom is 0.417 e. The van der Waals surface area contributed by atoms with Gasteiger partial charge in [0.2, 0.25) is 0 Å². The van der Waals surface area contributed by atoms with Gasteiger partial charge in [-0.15, -0.1) is 0 Å². The van der Waals surface area contributed by atoms with Crippen LogP contribution in [0.3, 0.4) is 0 Å². The Morgan fingerprint density at radius 1 is 1.08 bits per heavy atom. The van der Waals surface area contributed by atoms with Gasteiger partial charge in [0.05, 0.1) is 18.1 Å². The summed E-state index contributed by atoms with van der Waals surface area (Å²) in [7, 11) is -3.59. The van der Waals surface area contributed by atoms with Gasteiger partial charge in [-0.1, -0.05) is 0 Å². The van der Waals surface area contributed by atoms with E-state index in [1.165, 1.54) is 22.9 Å². The van der Waals surface area contributed by atoms with Crippen LogP contribution in [0.2, 0.25) is 0 Å². The van der Waals surface area contributed by atoms with Crippen molar-refractivity contribution >= 4 is 15.8 Å². The van der Waals surface area contributed by atoms with Crippen LogP contribution in [-0.4, -0.2) is 53.9 Å². The second-order valence-corrected chi connectivity index (χ2v) is 8.47. The van der Waals surface area contributed by atoms with E-state index >= 15 is 0 Å². The molecule has 4 rings (SSSR count). The van der Waals surface area contributed by atoms with Gasteiger partial charge in [-0.3, -0.25) is 0 Å². The highest BCUT2D eigenvalue weighted by Crippen LogP contribution is 2.36. The second-order valence-electron chi connectivity index (χ2n) is 6.57. The molecule has 0 bridgehead atoms. The first-order valence-corrected chi connectivity index (χ1v) is 9.46. The molecule has 2 aliphatic heterocycles. The Balaban J connectivity index is 1.44. The van der Waals surface area contributed by atoms with E-state index in [2.05, 4.69) is 15.0 Å². The normalized spacial score (nSPS) is 24.2. The van der Waals surface area contributed by atoms with Gasteiger partial charge in [0.25, 0.3) is 10.0 Å². The first kappa shape index (κ1) is 17.3. The van der Waals surface area contributed by atoms with Crippen LogP contribution >= 0.6 is 0 Å². The zero-order valence-corrected chi connectivity index (χ0v) is 14.3. The summed E-state index contributed by atoms with van der Waals surface area (Å²) in [6.07, 6.45) is -0.976. The first-order valence-electron chi connectivity index (χ1n) is 8.02. The fourth-order valence-electron chi connectivity index (χ4n) is 3.60. The summed E-state index contributed by atoms with van der Waals surface area (Å²) in [6, 6.07) is 2.38. The number of imidazole rings is 1. The quantitative estimate of drug-likeness (QED) is 0.865. The first-order chi connectivity index (χ1) is 12.2. The fourth-order valence-corrected chi connectivity index (χ4v) is 5.05. The summed E-state index contributed by atoms with van der Waals surface area (Å²) < 4.78 is 64.4. The number of hydrogen-bond donors (Lipinski definition) is 1. The number of halogens is 3. The van der Waals surface area contributed by atoms with Gasteiger partial charge in [-0.05, 0) is 24.0 Å². The highest BCUT2D eigenvalue weighted by molar-refractivity contribution is 7.89. The van der Waals surface area contributed by atoms with Crippen LogP contribution in [0.4, 0.5) is 19.0 Å². The predicted octanol–water partition coefficient (Wildman–Crippen LogP) is 1.58. The van der Waals surface area contributed by atoms with Crippen LogP contribution in [0.15, 0.2) is 35.9 Å². The molecule has 1 N–H and O–H groups in total. The Bertz CT molecular complexity index is 869. The molecule has 26 heavy (non-hydrogen) atoms. The number of aromatic amines is 1. The minimum atomic E-state index is -4.41. The molecule has 2 aliphatic rings. The Kier molecular flexibility index (Phi) is 3.95. The molecule has 0 amide bonds. The molecule has 0 saturated carbocycles. The van der Waals surface area contributed by atoms with Crippen LogP contribution < -0.4 is 4.90 Å². The van der Waals surface area contributed by atoms with Gasteiger partial charge in [-0.25, -0.2) is 18.4 Å². The van der Waals surface area contributed by atoms with E-state index in [1.807, 2.05) is 4.90 Å². The van der Waals surface area contributed by atoms with Gasteiger partial charge in [0.15, 0.2) is 5.03 Å². The summed E-state index contributed by atoms with van der Waals surface area (Å²) in [6.45, 7) is 1.89. The second kappa shape index (κ2) is 5.95. The van der Waals surface area contributed by atoms with E-state index < -0.39 is 21.8 Å². The van der Waals surface area contributed by atoms with E-state index in [0.29, 0.717) is 32.0 Å². The molecule has 0 radical (unpaired) electrons. The minimum Gasteiger partial charge on any atom is -0.356 e. The molecule has 2 fully saturated rings. The third kappa shape index (κ3) is 2.94. The molecule has 2 aromatic rings. The van der Waals surface area contributed by atoms with Crippen molar-refractivity contribution in [1.82, 2.24) is 19.3 Å². The van der Waals surface area contributed by atoms with Crippen LogP contribution in [0.25, 0.3) is 0 Å².